The van der Waals surface area contributed by atoms with Crippen molar-refractivity contribution in [1.29, 1.82) is 0 Å². The van der Waals surface area contributed by atoms with Crippen LogP contribution in [0.1, 0.15) is 26.7 Å². The van der Waals surface area contributed by atoms with Gasteiger partial charge < -0.3 is 10.0 Å². The molecule has 16 heavy (non-hydrogen) atoms. The molecule has 1 fully saturated rings. The summed E-state index contributed by atoms with van der Waals surface area (Å²) >= 11 is 0. The number of likely N-dealkylation sites (tertiary alicyclic amines) is 1. The molecule has 1 rings (SSSR count). The second kappa shape index (κ2) is 4.31. The van der Waals surface area contributed by atoms with Gasteiger partial charge in [0.2, 0.25) is 15.9 Å². The highest BCUT2D eigenvalue weighted by Gasteiger charge is 2.42. The quantitative estimate of drug-likeness (QED) is 0.670. The molecule has 0 aromatic carbocycles. The molecule has 0 aromatic heterocycles. The highest BCUT2D eigenvalue weighted by Crippen LogP contribution is 2.27. The molecule has 1 unspecified atom stereocenters. The summed E-state index contributed by atoms with van der Waals surface area (Å²) in [5.41, 5.74) is -0.536. The molecule has 0 radical (unpaired) electrons. The van der Waals surface area contributed by atoms with Crippen molar-refractivity contribution < 1.29 is 18.3 Å². The second-order valence-corrected chi connectivity index (χ2v) is 6.55. The zero-order chi connectivity index (χ0) is 12.6. The van der Waals surface area contributed by atoms with Crippen LogP contribution in [0.25, 0.3) is 0 Å². The van der Waals surface area contributed by atoms with E-state index in [9.17, 15) is 13.2 Å². The molecule has 0 aliphatic carbocycles. The van der Waals surface area contributed by atoms with Gasteiger partial charge in [-0.05, 0) is 20.3 Å². The van der Waals surface area contributed by atoms with Gasteiger partial charge in [0.25, 0.3) is 0 Å². The van der Waals surface area contributed by atoms with E-state index in [-0.39, 0.29) is 25.5 Å². The van der Waals surface area contributed by atoms with Crippen molar-refractivity contribution in [3.63, 3.8) is 0 Å². The Kier molecular flexibility index (Phi) is 3.61. The molecule has 1 aliphatic rings. The lowest BCUT2D eigenvalue weighted by Gasteiger charge is -2.35. The molecule has 3 N–H and O–H groups in total. The van der Waals surface area contributed by atoms with Gasteiger partial charge in [-0.3, -0.25) is 4.79 Å². The smallest absolute Gasteiger partial charge is 0.224 e. The third-order valence-electron chi connectivity index (χ3n) is 3.01. The van der Waals surface area contributed by atoms with E-state index in [2.05, 4.69) is 0 Å². The molecule has 1 amide bonds. The number of aliphatic hydroxyl groups excluding tert-OH is 1. The van der Waals surface area contributed by atoms with Crippen molar-refractivity contribution in [2.24, 2.45) is 5.14 Å². The normalized spacial score (nSPS) is 22.9. The Morgan fingerprint density at radius 1 is 1.56 bits per heavy atom. The first kappa shape index (κ1) is 13.4. The number of amides is 1. The summed E-state index contributed by atoms with van der Waals surface area (Å²) in [5.74, 6) is -0.225. The topological polar surface area (TPSA) is 101 Å². The van der Waals surface area contributed by atoms with E-state index >= 15 is 0 Å². The second-order valence-electron chi connectivity index (χ2n) is 4.71. The molecular formula is C9H18N2O4S. The van der Waals surface area contributed by atoms with Gasteiger partial charge in [-0.25, -0.2) is 13.6 Å². The maximum Gasteiger partial charge on any atom is 0.224 e. The number of carbonyl (C=O) groups is 1. The minimum Gasteiger partial charge on any atom is -0.396 e. The maximum atomic E-state index is 11.7. The molecule has 0 aromatic rings. The van der Waals surface area contributed by atoms with E-state index in [1.807, 2.05) is 0 Å². The van der Waals surface area contributed by atoms with Crippen LogP contribution < -0.4 is 5.14 Å². The zero-order valence-corrected chi connectivity index (χ0v) is 10.3. The molecule has 6 nitrogen and oxygen atoms in total. The molecule has 1 atom stereocenters. The van der Waals surface area contributed by atoms with Crippen LogP contribution in [-0.2, 0) is 14.8 Å². The van der Waals surface area contributed by atoms with Crippen LogP contribution in [0, 0.1) is 0 Å². The Hall–Kier alpha value is -0.660. The van der Waals surface area contributed by atoms with E-state index < -0.39 is 20.8 Å². The summed E-state index contributed by atoms with van der Waals surface area (Å²) in [4.78, 5) is 13.2. The largest absolute Gasteiger partial charge is 0.396 e. The first-order chi connectivity index (χ1) is 7.18. The van der Waals surface area contributed by atoms with Crippen molar-refractivity contribution in [3.8, 4) is 0 Å². The number of aliphatic hydroxyl groups is 1. The van der Waals surface area contributed by atoms with Crippen LogP contribution >= 0.6 is 0 Å². The summed E-state index contributed by atoms with van der Waals surface area (Å²) < 4.78 is 22.3. The highest BCUT2D eigenvalue weighted by molar-refractivity contribution is 7.89. The fraction of sp³-hybridized carbons (Fsp3) is 0.889. The molecule has 1 saturated heterocycles. The fourth-order valence-electron chi connectivity index (χ4n) is 1.89. The minimum atomic E-state index is -3.67. The van der Waals surface area contributed by atoms with Crippen molar-refractivity contribution in [2.75, 3.05) is 13.2 Å². The highest BCUT2D eigenvalue weighted by atomic mass is 32.2. The van der Waals surface area contributed by atoms with Crippen molar-refractivity contribution in [1.82, 2.24) is 4.90 Å². The lowest BCUT2D eigenvalue weighted by molar-refractivity contribution is -0.132. The Morgan fingerprint density at radius 3 is 2.50 bits per heavy atom. The third kappa shape index (κ3) is 2.72. The van der Waals surface area contributed by atoms with Crippen molar-refractivity contribution in [2.45, 2.75) is 37.5 Å². The number of rotatable bonds is 4. The predicted octanol–water partition coefficient (Wildman–Crippen LogP) is -0.963. The first-order valence-electron chi connectivity index (χ1n) is 5.11. The summed E-state index contributed by atoms with van der Waals surface area (Å²) in [5, 5.41) is 13.1. The number of hydrogen-bond donors (Lipinski definition) is 2. The number of primary sulfonamides is 1. The Bertz CT molecular complexity index is 377. The lowest BCUT2D eigenvalue weighted by Crippen LogP contribution is -2.46. The zero-order valence-electron chi connectivity index (χ0n) is 9.51. The monoisotopic (exact) mass is 250 g/mol. The number of sulfonamides is 1. The Labute approximate surface area is 95.5 Å². The van der Waals surface area contributed by atoms with E-state index in [1.165, 1.54) is 4.90 Å². The number of nitrogens with zero attached hydrogens (tertiary/aromatic N) is 1. The van der Waals surface area contributed by atoms with Gasteiger partial charge in [0.05, 0.1) is 0 Å². The number of nitrogens with two attached hydrogens (primary N) is 1. The van der Waals surface area contributed by atoms with Crippen LogP contribution in [0.15, 0.2) is 0 Å². The standard InChI is InChI=1S/C9H18N2O4S/c1-9(2,3-4-12)11-6-7(5-8(11)13)16(10,14)15/h7,12H,3-6H2,1-2H3,(H2,10,14,15). The van der Waals surface area contributed by atoms with Gasteiger partial charge >= 0.3 is 0 Å². The average molecular weight is 250 g/mol. The number of carbonyl (C=O) groups excluding carboxylic acids is 1. The summed E-state index contributed by atoms with van der Waals surface area (Å²) in [6, 6.07) is 0. The van der Waals surface area contributed by atoms with Crippen LogP contribution in [0.3, 0.4) is 0 Å². The van der Waals surface area contributed by atoms with E-state index in [0.29, 0.717) is 6.42 Å². The summed E-state index contributed by atoms with van der Waals surface area (Å²) in [6.45, 7) is 3.67. The van der Waals surface area contributed by atoms with Crippen LogP contribution in [-0.4, -0.2) is 48.3 Å². The maximum absolute atomic E-state index is 11.7. The molecule has 94 valence electrons. The van der Waals surface area contributed by atoms with E-state index in [4.69, 9.17) is 10.2 Å². The fourth-order valence-corrected chi connectivity index (χ4v) is 2.62. The third-order valence-corrected chi connectivity index (χ3v) is 4.25. The van der Waals surface area contributed by atoms with Crippen LogP contribution in [0.4, 0.5) is 0 Å². The van der Waals surface area contributed by atoms with Crippen LogP contribution in [0.2, 0.25) is 0 Å². The van der Waals surface area contributed by atoms with Gasteiger partial charge in [-0.15, -0.1) is 0 Å². The average Bonchev–Trinajstić information content (AvgIpc) is 2.46. The molecule has 7 heteroatoms. The van der Waals surface area contributed by atoms with Gasteiger partial charge in [-0.2, -0.15) is 0 Å². The SMILES string of the molecule is CC(C)(CCO)N1CC(S(N)(=O)=O)CC1=O. The molecule has 0 saturated carbocycles. The van der Waals surface area contributed by atoms with Crippen molar-refractivity contribution in [3.05, 3.63) is 0 Å². The van der Waals surface area contributed by atoms with Gasteiger partial charge in [0.1, 0.15) is 5.25 Å². The predicted molar refractivity (Wildman–Crippen MR) is 59.0 cm³/mol. The molecule has 1 heterocycles. The lowest BCUT2D eigenvalue weighted by atomic mass is 9.99. The first-order valence-corrected chi connectivity index (χ1v) is 6.72. The van der Waals surface area contributed by atoms with Gasteiger partial charge in [0.15, 0.2) is 0 Å². The summed E-state index contributed by atoms with van der Waals surface area (Å²) in [6.07, 6.45) is 0.351. The van der Waals surface area contributed by atoms with Gasteiger partial charge in [-0.1, -0.05) is 0 Å². The molecular weight excluding hydrogens is 232 g/mol. The summed E-state index contributed by atoms with van der Waals surface area (Å²) in [7, 11) is -3.67. The van der Waals surface area contributed by atoms with Gasteiger partial charge in [0, 0.05) is 25.1 Å². The number of hydrogen-bond acceptors (Lipinski definition) is 4. The van der Waals surface area contributed by atoms with E-state index in [0.717, 1.165) is 0 Å². The van der Waals surface area contributed by atoms with Crippen molar-refractivity contribution >= 4 is 15.9 Å². The minimum absolute atomic E-state index is 0.0448. The molecule has 0 bridgehead atoms. The van der Waals surface area contributed by atoms with Crippen LogP contribution in [0.5, 0.6) is 0 Å². The molecule has 0 spiro atoms. The van der Waals surface area contributed by atoms with E-state index in [1.54, 1.807) is 13.8 Å². The Morgan fingerprint density at radius 2 is 2.12 bits per heavy atom. The Balaban J connectivity index is 2.83. The molecule has 1 aliphatic heterocycles.